The second-order valence-corrected chi connectivity index (χ2v) is 5.89. The summed E-state index contributed by atoms with van der Waals surface area (Å²) in [6.07, 6.45) is 0.509. The highest BCUT2D eigenvalue weighted by molar-refractivity contribution is 7.92. The lowest BCUT2D eigenvalue weighted by molar-refractivity contribution is -0.137. The minimum Gasteiger partial charge on any atom is -0.460 e. The predicted molar refractivity (Wildman–Crippen MR) is 75.1 cm³/mol. The molecule has 0 aliphatic carbocycles. The number of hydrogen-bond donors (Lipinski definition) is 1. The fourth-order valence-electron chi connectivity index (χ4n) is 1.50. The quantitative estimate of drug-likeness (QED) is 0.469. The van der Waals surface area contributed by atoms with Gasteiger partial charge in [-0.1, -0.05) is 6.92 Å². The lowest BCUT2D eigenvalue weighted by Crippen LogP contribution is -2.18. The van der Waals surface area contributed by atoms with Crippen LogP contribution in [0.15, 0.2) is 24.3 Å². The van der Waals surface area contributed by atoms with Gasteiger partial charge < -0.3 is 4.74 Å². The van der Waals surface area contributed by atoms with Crippen LogP contribution < -0.4 is 4.72 Å². The molecule has 0 saturated heterocycles. The maximum Gasteiger partial charge on any atom is 0.379 e. The van der Waals surface area contributed by atoms with Crippen LogP contribution in [0.5, 0.6) is 0 Å². The molecular weight excluding hydrogens is 282 g/mol. The summed E-state index contributed by atoms with van der Waals surface area (Å²) in [5.74, 6) is -1.65. The maximum absolute atomic E-state index is 11.6. The van der Waals surface area contributed by atoms with Crippen molar-refractivity contribution in [1.82, 2.24) is 0 Å². The summed E-state index contributed by atoms with van der Waals surface area (Å²) in [6.45, 7) is 3.50. The van der Waals surface area contributed by atoms with E-state index in [2.05, 4.69) is 9.46 Å². The van der Waals surface area contributed by atoms with Crippen LogP contribution in [0.3, 0.4) is 0 Å². The second kappa shape index (κ2) is 7.04. The van der Waals surface area contributed by atoms with Gasteiger partial charge in [-0.25, -0.2) is 13.2 Å². The van der Waals surface area contributed by atoms with E-state index in [1.54, 1.807) is 13.8 Å². The van der Waals surface area contributed by atoms with E-state index < -0.39 is 21.8 Å². The van der Waals surface area contributed by atoms with Crippen molar-refractivity contribution in [1.29, 1.82) is 0 Å². The molecule has 0 bridgehead atoms. The fraction of sp³-hybridized carbons (Fsp3) is 0.385. The largest absolute Gasteiger partial charge is 0.460 e. The Bertz CT molecular complexity index is 577. The van der Waals surface area contributed by atoms with Gasteiger partial charge in [-0.15, -0.1) is 0 Å². The Morgan fingerprint density at radius 3 is 2.25 bits per heavy atom. The monoisotopic (exact) mass is 299 g/mol. The highest BCUT2D eigenvalue weighted by Gasteiger charge is 2.17. The van der Waals surface area contributed by atoms with Crippen LogP contribution >= 0.6 is 0 Å². The summed E-state index contributed by atoms with van der Waals surface area (Å²) in [5.41, 5.74) is 0.501. The number of ether oxygens (including phenoxy) is 1. The smallest absolute Gasteiger partial charge is 0.379 e. The Hall–Kier alpha value is -1.89. The van der Waals surface area contributed by atoms with Gasteiger partial charge in [-0.2, -0.15) is 0 Å². The van der Waals surface area contributed by atoms with Crippen molar-refractivity contribution in [3.63, 3.8) is 0 Å². The molecule has 0 heterocycles. The van der Waals surface area contributed by atoms with Gasteiger partial charge in [0, 0.05) is 11.3 Å². The number of rotatable bonds is 7. The molecular formula is C13H17NO5S. The van der Waals surface area contributed by atoms with Gasteiger partial charge >= 0.3 is 5.97 Å². The lowest BCUT2D eigenvalue weighted by atomic mass is 10.1. The van der Waals surface area contributed by atoms with E-state index in [1.165, 1.54) is 24.3 Å². The minimum absolute atomic E-state index is 0.0243. The highest BCUT2D eigenvalue weighted by Crippen LogP contribution is 2.12. The van der Waals surface area contributed by atoms with Crippen LogP contribution in [-0.2, 0) is 19.6 Å². The van der Waals surface area contributed by atoms with Crippen LogP contribution in [0, 0.1) is 0 Å². The molecule has 0 atom stereocenters. The van der Waals surface area contributed by atoms with Crippen molar-refractivity contribution in [3.05, 3.63) is 29.8 Å². The molecule has 1 rings (SSSR count). The van der Waals surface area contributed by atoms with Gasteiger partial charge in [0.2, 0.25) is 10.0 Å². The third kappa shape index (κ3) is 4.65. The van der Waals surface area contributed by atoms with Crippen LogP contribution in [0.25, 0.3) is 0 Å². The minimum atomic E-state index is -3.37. The molecule has 0 radical (unpaired) electrons. The van der Waals surface area contributed by atoms with Gasteiger partial charge in [-0.3, -0.25) is 9.52 Å². The number of anilines is 1. The molecule has 1 N–H and O–H groups in total. The third-order valence-electron chi connectivity index (χ3n) is 2.35. The van der Waals surface area contributed by atoms with Crippen LogP contribution in [-0.4, -0.2) is 32.5 Å². The van der Waals surface area contributed by atoms with Crippen LogP contribution in [0.2, 0.25) is 0 Å². The van der Waals surface area contributed by atoms with Gasteiger partial charge in [0.1, 0.15) is 0 Å². The normalized spacial score (nSPS) is 10.9. The molecule has 0 amide bonds. The van der Waals surface area contributed by atoms with E-state index in [0.29, 0.717) is 12.1 Å². The van der Waals surface area contributed by atoms with Gasteiger partial charge in [0.15, 0.2) is 0 Å². The van der Waals surface area contributed by atoms with E-state index >= 15 is 0 Å². The molecule has 0 saturated carbocycles. The lowest BCUT2D eigenvalue weighted by Gasteiger charge is -2.07. The molecule has 0 spiro atoms. The number of sulfonamides is 1. The molecule has 1 aromatic carbocycles. The zero-order valence-electron chi connectivity index (χ0n) is 11.4. The molecule has 20 heavy (non-hydrogen) atoms. The number of carbonyl (C=O) groups excluding carboxylic acids is 2. The Morgan fingerprint density at radius 1 is 1.15 bits per heavy atom. The first-order chi connectivity index (χ1) is 9.39. The van der Waals surface area contributed by atoms with E-state index in [1.807, 2.05) is 0 Å². The van der Waals surface area contributed by atoms with Crippen molar-refractivity contribution < 1.29 is 22.7 Å². The molecule has 6 nitrogen and oxygen atoms in total. The number of benzene rings is 1. The predicted octanol–water partition coefficient (Wildman–Crippen LogP) is 1.58. The van der Waals surface area contributed by atoms with Crippen molar-refractivity contribution in [2.75, 3.05) is 17.1 Å². The van der Waals surface area contributed by atoms with Gasteiger partial charge in [-0.05, 0) is 37.6 Å². The standard InChI is InChI=1S/C13H17NO5S/c1-3-9-20(17,18)14-11-7-5-10(6-8-11)12(15)13(16)19-4-2/h5-8,14H,3-4,9H2,1-2H3. The summed E-state index contributed by atoms with van der Waals surface area (Å²) < 4.78 is 30.1. The molecule has 0 aromatic heterocycles. The summed E-state index contributed by atoms with van der Waals surface area (Å²) >= 11 is 0. The van der Waals surface area contributed by atoms with Crippen molar-refractivity contribution >= 4 is 27.5 Å². The molecule has 1 aromatic rings. The first kappa shape index (κ1) is 16.2. The fourth-order valence-corrected chi connectivity index (χ4v) is 2.64. The Morgan fingerprint density at radius 2 is 1.75 bits per heavy atom. The average Bonchev–Trinajstić information content (AvgIpc) is 2.38. The number of nitrogens with one attached hydrogen (secondary N) is 1. The number of esters is 1. The SMILES string of the molecule is CCCS(=O)(=O)Nc1ccc(C(=O)C(=O)OCC)cc1. The number of Topliss-reactive ketones (excluding diaryl/α,β-unsaturated/α-hetero) is 1. The summed E-state index contributed by atoms with van der Waals surface area (Å²) in [5, 5.41) is 0. The van der Waals surface area contributed by atoms with Crippen molar-refractivity contribution in [3.8, 4) is 0 Å². The highest BCUT2D eigenvalue weighted by atomic mass is 32.2. The molecule has 110 valence electrons. The van der Waals surface area contributed by atoms with Crippen molar-refractivity contribution in [2.45, 2.75) is 20.3 Å². The zero-order valence-corrected chi connectivity index (χ0v) is 12.2. The molecule has 0 aliphatic rings. The summed E-state index contributed by atoms with van der Waals surface area (Å²) in [7, 11) is -3.37. The average molecular weight is 299 g/mol. The number of carbonyl (C=O) groups is 2. The van der Waals surface area contributed by atoms with Crippen LogP contribution in [0.1, 0.15) is 30.6 Å². The number of hydrogen-bond acceptors (Lipinski definition) is 5. The molecule has 0 aliphatic heterocycles. The van der Waals surface area contributed by atoms with Gasteiger partial charge in [0.25, 0.3) is 5.78 Å². The molecule has 0 unspecified atom stereocenters. The number of ketones is 1. The third-order valence-corrected chi connectivity index (χ3v) is 3.85. The van der Waals surface area contributed by atoms with Crippen LogP contribution in [0.4, 0.5) is 5.69 Å². The van der Waals surface area contributed by atoms with E-state index in [-0.39, 0.29) is 17.9 Å². The first-order valence-electron chi connectivity index (χ1n) is 6.21. The van der Waals surface area contributed by atoms with E-state index in [9.17, 15) is 18.0 Å². The topological polar surface area (TPSA) is 89.5 Å². The van der Waals surface area contributed by atoms with E-state index in [0.717, 1.165) is 0 Å². The summed E-state index contributed by atoms with van der Waals surface area (Å²) in [6, 6.07) is 5.62. The van der Waals surface area contributed by atoms with Gasteiger partial charge in [0.05, 0.1) is 12.4 Å². The Labute approximate surface area is 118 Å². The maximum atomic E-state index is 11.6. The second-order valence-electron chi connectivity index (χ2n) is 4.05. The molecule has 7 heteroatoms. The summed E-state index contributed by atoms with van der Waals surface area (Å²) in [4.78, 5) is 22.9. The zero-order chi connectivity index (χ0) is 15.2. The van der Waals surface area contributed by atoms with E-state index in [4.69, 9.17) is 0 Å². The Balaban J connectivity index is 2.79. The first-order valence-corrected chi connectivity index (χ1v) is 7.87. The molecule has 0 fully saturated rings. The van der Waals surface area contributed by atoms with Crippen molar-refractivity contribution in [2.24, 2.45) is 0 Å². The Kier molecular flexibility index (Phi) is 5.69.